The Bertz CT molecular complexity index is 668. The maximum atomic E-state index is 6.03. The maximum Gasteiger partial charge on any atom is 0.498 e. The van der Waals surface area contributed by atoms with E-state index in [1.54, 1.807) is 30.4 Å². The fraction of sp³-hybridized carbons (Fsp3) is 0.467. The monoisotopic (exact) mass is 301 g/mol. The van der Waals surface area contributed by atoms with E-state index in [0.29, 0.717) is 5.75 Å². The molecular weight excluding hydrogens is 281 g/mol. The molecule has 1 aliphatic heterocycles. The maximum absolute atomic E-state index is 6.03. The molecule has 0 bridgehead atoms. The van der Waals surface area contributed by atoms with E-state index in [4.69, 9.17) is 14.0 Å². The summed E-state index contributed by atoms with van der Waals surface area (Å²) in [4.78, 5) is 4.14. The van der Waals surface area contributed by atoms with E-state index in [1.807, 2.05) is 40.0 Å². The highest BCUT2D eigenvalue weighted by Crippen LogP contribution is 2.36. The summed E-state index contributed by atoms with van der Waals surface area (Å²) in [5.41, 5.74) is 0.970. The largest absolute Gasteiger partial charge is 0.498 e. The van der Waals surface area contributed by atoms with Gasteiger partial charge in [0.15, 0.2) is 0 Å². The summed E-state index contributed by atoms with van der Waals surface area (Å²) in [6, 6.07) is 1.87. The van der Waals surface area contributed by atoms with Crippen LogP contribution < -0.4 is 10.2 Å². The molecule has 0 unspecified atom stereocenters. The molecule has 1 fully saturated rings. The molecule has 6 nitrogen and oxygen atoms in total. The molecule has 0 aliphatic carbocycles. The first-order valence-electron chi connectivity index (χ1n) is 7.22. The quantitative estimate of drug-likeness (QED) is 0.806. The van der Waals surface area contributed by atoms with Gasteiger partial charge in [-0.15, -0.1) is 0 Å². The van der Waals surface area contributed by atoms with Crippen LogP contribution in [0.4, 0.5) is 0 Å². The van der Waals surface area contributed by atoms with E-state index in [9.17, 15) is 0 Å². The third-order valence-electron chi connectivity index (χ3n) is 4.33. The van der Waals surface area contributed by atoms with Gasteiger partial charge in [0.25, 0.3) is 0 Å². The fourth-order valence-electron chi connectivity index (χ4n) is 2.22. The highest BCUT2D eigenvalue weighted by atomic mass is 16.7. The molecule has 0 spiro atoms. The minimum Gasteiger partial charge on any atom is -0.495 e. The van der Waals surface area contributed by atoms with Crippen molar-refractivity contribution in [3.8, 4) is 11.4 Å². The second-order valence-electron chi connectivity index (χ2n) is 6.39. The van der Waals surface area contributed by atoms with Crippen LogP contribution >= 0.6 is 0 Å². The van der Waals surface area contributed by atoms with Crippen LogP contribution in [0.3, 0.4) is 0 Å². The van der Waals surface area contributed by atoms with E-state index in [0.717, 1.165) is 11.2 Å². The molecule has 0 N–H and O–H groups in total. The number of hydrogen-bond acceptors (Lipinski definition) is 5. The first-order valence-corrected chi connectivity index (χ1v) is 7.22. The van der Waals surface area contributed by atoms with Crippen molar-refractivity contribution < 1.29 is 14.0 Å². The fourth-order valence-corrected chi connectivity index (χ4v) is 2.22. The Morgan fingerprint density at radius 2 is 1.77 bits per heavy atom. The average Bonchev–Trinajstić information content (AvgIpc) is 3.02. The Hall–Kier alpha value is -1.86. The number of methoxy groups -OCH3 is 1. The molecule has 2 aromatic heterocycles. The van der Waals surface area contributed by atoms with Gasteiger partial charge in [-0.3, -0.25) is 4.98 Å². The minimum atomic E-state index is -0.419. The van der Waals surface area contributed by atoms with Gasteiger partial charge < -0.3 is 14.0 Å². The lowest BCUT2D eigenvalue weighted by atomic mass is 9.82. The zero-order valence-electron chi connectivity index (χ0n) is 13.5. The van der Waals surface area contributed by atoms with Gasteiger partial charge in [0.2, 0.25) is 0 Å². The lowest BCUT2D eigenvalue weighted by Gasteiger charge is -2.32. The predicted molar refractivity (Wildman–Crippen MR) is 83.6 cm³/mol. The van der Waals surface area contributed by atoms with E-state index in [1.165, 1.54) is 0 Å². The Morgan fingerprint density at radius 3 is 2.41 bits per heavy atom. The molecule has 7 heteroatoms. The molecule has 0 radical (unpaired) electrons. The van der Waals surface area contributed by atoms with Crippen LogP contribution in [-0.4, -0.2) is 40.2 Å². The van der Waals surface area contributed by atoms with Gasteiger partial charge in [-0.2, -0.15) is 5.10 Å². The number of pyridine rings is 1. The van der Waals surface area contributed by atoms with E-state index < -0.39 is 7.12 Å². The summed E-state index contributed by atoms with van der Waals surface area (Å²) in [5.74, 6) is 0.685. The van der Waals surface area contributed by atoms with Gasteiger partial charge in [-0.25, -0.2) is 4.68 Å². The Labute approximate surface area is 130 Å². The Morgan fingerprint density at radius 1 is 1.09 bits per heavy atom. The Kier molecular flexibility index (Phi) is 3.49. The highest BCUT2D eigenvalue weighted by Gasteiger charge is 2.52. The second kappa shape index (κ2) is 5.10. The van der Waals surface area contributed by atoms with Crippen molar-refractivity contribution in [2.45, 2.75) is 38.9 Å². The van der Waals surface area contributed by atoms with Gasteiger partial charge in [0, 0.05) is 23.9 Å². The highest BCUT2D eigenvalue weighted by molar-refractivity contribution is 6.62. The molecule has 1 aliphatic rings. The standard InChI is InChI=1S/C15H20BN3O3/c1-14(2)15(3,4)22-16(21-14)11-7-18-19(10-11)12-6-13(20-5)9-17-8-12/h6-10H,1-5H3. The summed E-state index contributed by atoms with van der Waals surface area (Å²) in [7, 11) is 1.19. The van der Waals surface area contributed by atoms with E-state index in [2.05, 4.69) is 10.1 Å². The number of aromatic nitrogens is 3. The SMILES string of the molecule is COc1cncc(-n2cc(B3OC(C)(C)C(C)(C)O3)cn2)c1. The van der Waals surface area contributed by atoms with Crippen molar-refractivity contribution in [2.75, 3.05) is 7.11 Å². The lowest BCUT2D eigenvalue weighted by Crippen LogP contribution is -2.41. The number of hydrogen-bond donors (Lipinski definition) is 0. The molecule has 116 valence electrons. The molecule has 3 heterocycles. The van der Waals surface area contributed by atoms with Crippen molar-refractivity contribution in [2.24, 2.45) is 0 Å². The van der Waals surface area contributed by atoms with Crippen molar-refractivity contribution in [1.29, 1.82) is 0 Å². The van der Waals surface area contributed by atoms with E-state index in [-0.39, 0.29) is 11.2 Å². The molecule has 0 atom stereocenters. The van der Waals surface area contributed by atoms with Crippen molar-refractivity contribution in [1.82, 2.24) is 14.8 Å². The van der Waals surface area contributed by atoms with Crippen LogP contribution in [0.5, 0.6) is 5.75 Å². The molecule has 0 saturated carbocycles. The zero-order chi connectivity index (χ0) is 16.0. The van der Waals surface area contributed by atoms with Gasteiger partial charge in [0.05, 0.1) is 36.4 Å². The normalized spacial score (nSPS) is 19.4. The van der Waals surface area contributed by atoms with Crippen LogP contribution in [0.15, 0.2) is 30.9 Å². The smallest absolute Gasteiger partial charge is 0.495 e. The summed E-state index contributed by atoms with van der Waals surface area (Å²) in [6.45, 7) is 8.12. The average molecular weight is 301 g/mol. The van der Waals surface area contributed by atoms with Crippen LogP contribution in [-0.2, 0) is 9.31 Å². The predicted octanol–water partition coefficient (Wildman–Crippen LogP) is 1.58. The van der Waals surface area contributed by atoms with Gasteiger partial charge in [-0.05, 0) is 27.7 Å². The topological polar surface area (TPSA) is 58.4 Å². The van der Waals surface area contributed by atoms with Gasteiger partial charge >= 0.3 is 7.12 Å². The van der Waals surface area contributed by atoms with Crippen molar-refractivity contribution >= 4 is 12.6 Å². The van der Waals surface area contributed by atoms with Crippen molar-refractivity contribution in [3.63, 3.8) is 0 Å². The van der Waals surface area contributed by atoms with E-state index >= 15 is 0 Å². The third-order valence-corrected chi connectivity index (χ3v) is 4.33. The molecule has 1 saturated heterocycles. The number of nitrogens with zero attached hydrogens (tertiary/aromatic N) is 3. The van der Waals surface area contributed by atoms with Crippen LogP contribution in [0.2, 0.25) is 0 Å². The molecule has 0 amide bonds. The second-order valence-corrected chi connectivity index (χ2v) is 6.39. The summed E-state index contributed by atoms with van der Waals surface area (Å²) < 4.78 is 19.0. The van der Waals surface area contributed by atoms with Crippen LogP contribution in [0.1, 0.15) is 27.7 Å². The molecular formula is C15H20BN3O3. The van der Waals surface area contributed by atoms with Gasteiger partial charge in [-0.1, -0.05) is 0 Å². The summed E-state index contributed by atoms with van der Waals surface area (Å²) in [5, 5.41) is 4.36. The summed E-state index contributed by atoms with van der Waals surface area (Å²) >= 11 is 0. The molecule has 0 aromatic carbocycles. The van der Waals surface area contributed by atoms with Gasteiger partial charge in [0.1, 0.15) is 5.75 Å². The number of ether oxygens (including phenoxy) is 1. The van der Waals surface area contributed by atoms with Crippen LogP contribution in [0.25, 0.3) is 5.69 Å². The summed E-state index contributed by atoms with van der Waals surface area (Å²) in [6.07, 6.45) is 7.02. The zero-order valence-corrected chi connectivity index (χ0v) is 13.5. The minimum absolute atomic E-state index is 0.364. The third kappa shape index (κ3) is 2.50. The molecule has 2 aromatic rings. The molecule has 3 rings (SSSR count). The number of rotatable bonds is 3. The Balaban J connectivity index is 1.86. The first kappa shape index (κ1) is 15.1. The lowest BCUT2D eigenvalue weighted by molar-refractivity contribution is 0.00578. The van der Waals surface area contributed by atoms with Crippen molar-refractivity contribution in [3.05, 3.63) is 30.9 Å². The first-order chi connectivity index (χ1) is 10.3. The van der Waals surface area contributed by atoms with Crippen LogP contribution in [0, 0.1) is 0 Å². The molecule has 22 heavy (non-hydrogen) atoms.